The maximum absolute atomic E-state index is 11.6. The van der Waals surface area contributed by atoms with E-state index in [1.54, 1.807) is 13.8 Å². The standard InChI is InChI=1S/C14H16Cl2O4/c1-9(15)7-19-13(17)11-3-5-12(6-4-11)14(18)20-8-10(2)16/h3-6,9-10H,7-8H2,1-2H3. The third kappa shape index (κ3) is 5.80. The number of ether oxygens (including phenoxy) is 2. The Balaban J connectivity index is 2.59. The number of carbonyl (C=O) groups is 2. The van der Waals surface area contributed by atoms with Gasteiger partial charge in [-0.2, -0.15) is 0 Å². The summed E-state index contributed by atoms with van der Waals surface area (Å²) in [5.74, 6) is -0.960. The summed E-state index contributed by atoms with van der Waals surface area (Å²) in [6, 6.07) is 6.01. The fourth-order valence-electron chi connectivity index (χ4n) is 1.29. The van der Waals surface area contributed by atoms with E-state index in [1.165, 1.54) is 24.3 Å². The lowest BCUT2D eigenvalue weighted by Gasteiger charge is -2.08. The Labute approximate surface area is 128 Å². The van der Waals surface area contributed by atoms with Crippen LogP contribution in [0.1, 0.15) is 34.6 Å². The first kappa shape index (κ1) is 16.8. The van der Waals surface area contributed by atoms with E-state index < -0.39 is 11.9 Å². The molecule has 1 aromatic carbocycles. The predicted molar refractivity (Wildman–Crippen MR) is 77.6 cm³/mol. The van der Waals surface area contributed by atoms with Gasteiger partial charge in [-0.05, 0) is 38.1 Å². The second-order valence-electron chi connectivity index (χ2n) is 4.34. The van der Waals surface area contributed by atoms with Crippen LogP contribution in [0, 0.1) is 0 Å². The first-order chi connectivity index (χ1) is 9.40. The van der Waals surface area contributed by atoms with Gasteiger partial charge in [-0.25, -0.2) is 9.59 Å². The maximum Gasteiger partial charge on any atom is 0.338 e. The molecule has 1 aromatic rings. The lowest BCUT2D eigenvalue weighted by Crippen LogP contribution is -2.13. The summed E-state index contributed by atoms with van der Waals surface area (Å²) in [6.45, 7) is 3.73. The van der Waals surface area contributed by atoms with Crippen molar-refractivity contribution in [3.05, 3.63) is 35.4 Å². The second kappa shape index (κ2) is 8.12. The van der Waals surface area contributed by atoms with Crippen molar-refractivity contribution in [2.24, 2.45) is 0 Å². The van der Waals surface area contributed by atoms with E-state index in [4.69, 9.17) is 32.7 Å². The van der Waals surface area contributed by atoms with Crippen LogP contribution in [-0.2, 0) is 9.47 Å². The molecule has 2 unspecified atom stereocenters. The number of rotatable bonds is 6. The van der Waals surface area contributed by atoms with Gasteiger partial charge < -0.3 is 9.47 Å². The highest BCUT2D eigenvalue weighted by Gasteiger charge is 2.12. The highest BCUT2D eigenvalue weighted by Crippen LogP contribution is 2.09. The number of hydrogen-bond donors (Lipinski definition) is 0. The summed E-state index contributed by atoms with van der Waals surface area (Å²) in [6.07, 6.45) is 0. The Morgan fingerprint density at radius 2 is 1.20 bits per heavy atom. The molecule has 0 saturated carbocycles. The molecular weight excluding hydrogens is 303 g/mol. The van der Waals surface area contributed by atoms with E-state index in [9.17, 15) is 9.59 Å². The van der Waals surface area contributed by atoms with Crippen molar-refractivity contribution in [3.8, 4) is 0 Å². The molecule has 6 heteroatoms. The smallest absolute Gasteiger partial charge is 0.338 e. The Kier molecular flexibility index (Phi) is 6.82. The van der Waals surface area contributed by atoms with E-state index in [1.807, 2.05) is 0 Å². The van der Waals surface area contributed by atoms with Gasteiger partial charge in [0.15, 0.2) is 0 Å². The van der Waals surface area contributed by atoms with Gasteiger partial charge in [0, 0.05) is 0 Å². The molecule has 2 atom stereocenters. The van der Waals surface area contributed by atoms with Gasteiger partial charge in [-0.1, -0.05) is 0 Å². The van der Waals surface area contributed by atoms with E-state index in [-0.39, 0.29) is 24.0 Å². The van der Waals surface area contributed by atoms with E-state index >= 15 is 0 Å². The first-order valence-corrected chi connectivity index (χ1v) is 7.00. The third-order valence-corrected chi connectivity index (χ3v) is 2.50. The zero-order valence-corrected chi connectivity index (χ0v) is 12.8. The summed E-state index contributed by atoms with van der Waals surface area (Å²) in [7, 11) is 0. The van der Waals surface area contributed by atoms with Crippen LogP contribution < -0.4 is 0 Å². The molecule has 0 radical (unpaired) electrons. The SMILES string of the molecule is CC(Cl)COC(=O)c1ccc(C(=O)OCC(C)Cl)cc1. The molecule has 0 N–H and O–H groups in total. The molecule has 0 aliphatic carbocycles. The van der Waals surface area contributed by atoms with Crippen molar-refractivity contribution in [2.75, 3.05) is 13.2 Å². The fourth-order valence-corrected chi connectivity index (χ4v) is 1.42. The van der Waals surface area contributed by atoms with E-state index in [0.717, 1.165) is 0 Å². The molecule has 0 saturated heterocycles. The number of benzene rings is 1. The lowest BCUT2D eigenvalue weighted by atomic mass is 10.1. The van der Waals surface area contributed by atoms with Gasteiger partial charge in [0.25, 0.3) is 0 Å². The Morgan fingerprint density at radius 1 is 0.900 bits per heavy atom. The van der Waals surface area contributed by atoms with Crippen molar-refractivity contribution in [1.82, 2.24) is 0 Å². The molecule has 0 heterocycles. The average Bonchev–Trinajstić information content (AvgIpc) is 2.42. The van der Waals surface area contributed by atoms with Crippen molar-refractivity contribution >= 4 is 35.1 Å². The van der Waals surface area contributed by atoms with E-state index in [2.05, 4.69) is 0 Å². The lowest BCUT2D eigenvalue weighted by molar-refractivity contribution is 0.0494. The van der Waals surface area contributed by atoms with Crippen LogP contribution >= 0.6 is 23.2 Å². The highest BCUT2D eigenvalue weighted by molar-refractivity contribution is 6.20. The maximum atomic E-state index is 11.6. The van der Waals surface area contributed by atoms with Crippen molar-refractivity contribution in [2.45, 2.75) is 24.6 Å². The molecule has 0 aliphatic heterocycles. The molecule has 1 rings (SSSR count). The van der Waals surface area contributed by atoms with Gasteiger partial charge in [0.1, 0.15) is 13.2 Å². The molecule has 0 aromatic heterocycles. The molecule has 0 spiro atoms. The summed E-state index contributed by atoms with van der Waals surface area (Å²) in [5.41, 5.74) is 0.703. The van der Waals surface area contributed by atoms with Gasteiger partial charge in [0.05, 0.1) is 21.9 Å². The van der Waals surface area contributed by atoms with Crippen molar-refractivity contribution in [1.29, 1.82) is 0 Å². The number of hydrogen-bond acceptors (Lipinski definition) is 4. The number of esters is 2. The van der Waals surface area contributed by atoms with Crippen molar-refractivity contribution < 1.29 is 19.1 Å². The van der Waals surface area contributed by atoms with Crippen LogP contribution in [0.25, 0.3) is 0 Å². The monoisotopic (exact) mass is 318 g/mol. The van der Waals surface area contributed by atoms with Crippen LogP contribution in [-0.4, -0.2) is 35.9 Å². The van der Waals surface area contributed by atoms with Gasteiger partial charge >= 0.3 is 11.9 Å². The average molecular weight is 319 g/mol. The van der Waals surface area contributed by atoms with Crippen LogP contribution in [0.4, 0.5) is 0 Å². The van der Waals surface area contributed by atoms with Gasteiger partial charge in [-0.15, -0.1) is 23.2 Å². The molecule has 0 bridgehead atoms. The summed E-state index contributed by atoms with van der Waals surface area (Å²) < 4.78 is 9.93. The predicted octanol–water partition coefficient (Wildman–Crippen LogP) is 3.25. The summed E-state index contributed by atoms with van der Waals surface area (Å²) in [4.78, 5) is 23.3. The quantitative estimate of drug-likeness (QED) is 0.596. The minimum atomic E-state index is -0.480. The fraction of sp³-hybridized carbons (Fsp3) is 0.429. The Morgan fingerprint density at radius 3 is 1.45 bits per heavy atom. The summed E-state index contributed by atoms with van der Waals surface area (Å²) in [5, 5.41) is -0.489. The van der Waals surface area contributed by atoms with E-state index in [0.29, 0.717) is 11.1 Å². The minimum Gasteiger partial charge on any atom is -0.461 e. The molecule has 0 fully saturated rings. The molecule has 4 nitrogen and oxygen atoms in total. The van der Waals surface area contributed by atoms with Crippen LogP contribution in [0.3, 0.4) is 0 Å². The third-order valence-electron chi connectivity index (χ3n) is 2.24. The topological polar surface area (TPSA) is 52.6 Å². The van der Waals surface area contributed by atoms with Crippen molar-refractivity contribution in [3.63, 3.8) is 0 Å². The Hall–Kier alpha value is -1.26. The largest absolute Gasteiger partial charge is 0.461 e. The highest BCUT2D eigenvalue weighted by atomic mass is 35.5. The number of alkyl halides is 2. The molecule has 0 amide bonds. The van der Waals surface area contributed by atoms with Gasteiger partial charge in [0.2, 0.25) is 0 Å². The van der Waals surface area contributed by atoms with Gasteiger partial charge in [-0.3, -0.25) is 0 Å². The second-order valence-corrected chi connectivity index (χ2v) is 5.83. The number of carbonyl (C=O) groups excluding carboxylic acids is 2. The zero-order chi connectivity index (χ0) is 15.1. The van der Waals surface area contributed by atoms with Crippen LogP contribution in [0.15, 0.2) is 24.3 Å². The number of halogens is 2. The molecule has 110 valence electrons. The Bertz CT molecular complexity index is 412. The summed E-state index contributed by atoms with van der Waals surface area (Å²) >= 11 is 11.4. The first-order valence-electron chi connectivity index (χ1n) is 6.12. The molecular formula is C14H16Cl2O4. The minimum absolute atomic E-state index is 0.137. The normalized spacial score (nSPS) is 13.4. The molecule has 0 aliphatic rings. The molecule has 20 heavy (non-hydrogen) atoms. The zero-order valence-electron chi connectivity index (χ0n) is 11.3. The van der Waals surface area contributed by atoms with Crippen LogP contribution in [0.5, 0.6) is 0 Å². The van der Waals surface area contributed by atoms with Crippen LogP contribution in [0.2, 0.25) is 0 Å².